The first-order chi connectivity index (χ1) is 26.3. The van der Waals surface area contributed by atoms with Gasteiger partial charge in [0, 0.05) is 30.5 Å². The van der Waals surface area contributed by atoms with Crippen molar-refractivity contribution in [3.8, 4) is 11.1 Å². The second kappa shape index (κ2) is 18.8. The van der Waals surface area contributed by atoms with Gasteiger partial charge in [-0.1, -0.05) is 19.9 Å². The zero-order valence-electron chi connectivity index (χ0n) is 33.4. The van der Waals surface area contributed by atoms with Gasteiger partial charge in [-0.3, -0.25) is 14.4 Å². The number of nitrogens with one attached hydrogen (secondary N) is 1. The molecule has 56 heavy (non-hydrogen) atoms. The number of nitrogens with zero attached hydrogens (tertiary/aromatic N) is 2. The van der Waals surface area contributed by atoms with Crippen LogP contribution in [0.2, 0.25) is 0 Å². The molecule has 1 fully saturated rings. The molecule has 14 heteroatoms. The number of amides is 1. The van der Waals surface area contributed by atoms with Crippen molar-refractivity contribution in [1.29, 1.82) is 0 Å². The van der Waals surface area contributed by atoms with E-state index in [9.17, 15) is 27.6 Å². The van der Waals surface area contributed by atoms with Crippen LogP contribution >= 0.6 is 0 Å². The van der Waals surface area contributed by atoms with E-state index in [1.807, 2.05) is 0 Å². The lowest BCUT2D eigenvalue weighted by molar-refractivity contribution is -0.144. The minimum atomic E-state index is -4.84. The lowest BCUT2D eigenvalue weighted by atomic mass is 9.86. The van der Waals surface area contributed by atoms with E-state index in [-0.39, 0.29) is 72.1 Å². The fourth-order valence-corrected chi connectivity index (χ4v) is 7.24. The van der Waals surface area contributed by atoms with Crippen molar-refractivity contribution < 1.29 is 45.4 Å². The highest BCUT2D eigenvalue weighted by atomic mass is 19.4. The van der Waals surface area contributed by atoms with Crippen LogP contribution in [0.25, 0.3) is 11.1 Å². The fourth-order valence-electron chi connectivity index (χ4n) is 7.24. The van der Waals surface area contributed by atoms with Crippen LogP contribution in [-0.4, -0.2) is 62.3 Å². The number of aromatic nitrogens is 1. The molecule has 1 aromatic heterocycles. The number of hydrogen-bond donors (Lipinski definition) is 1. The molecule has 2 aromatic carbocycles. The maximum absolute atomic E-state index is 17.1. The smallest absolute Gasteiger partial charge is 0.416 e. The summed E-state index contributed by atoms with van der Waals surface area (Å²) in [6.07, 6.45) is -2.59. The third-order valence-electron chi connectivity index (χ3n) is 10.0. The van der Waals surface area contributed by atoms with Crippen LogP contribution in [0.15, 0.2) is 29.2 Å². The number of halogens is 6. The highest BCUT2D eigenvalue weighted by molar-refractivity contribution is 5.82. The van der Waals surface area contributed by atoms with Crippen molar-refractivity contribution in [2.45, 2.75) is 104 Å². The second-order valence-electron chi connectivity index (χ2n) is 15.3. The van der Waals surface area contributed by atoms with E-state index in [1.54, 1.807) is 45.8 Å². The summed E-state index contributed by atoms with van der Waals surface area (Å²) < 4.78 is 103. The Balaban J connectivity index is 1.89. The lowest BCUT2D eigenvalue weighted by Crippen LogP contribution is -2.41. The van der Waals surface area contributed by atoms with Gasteiger partial charge < -0.3 is 24.3 Å². The summed E-state index contributed by atoms with van der Waals surface area (Å²) in [5.41, 5.74) is -1.84. The molecule has 1 saturated carbocycles. The lowest BCUT2D eigenvalue weighted by Gasteiger charge is -2.27. The average molecular weight is 794 g/mol. The molecule has 1 heterocycles. The Hall–Kier alpha value is -4.17. The number of rotatable bonds is 18. The molecule has 8 nitrogen and oxygen atoms in total. The number of benzene rings is 2. The summed E-state index contributed by atoms with van der Waals surface area (Å²) in [5.74, 6) is -4.79. The molecule has 1 aliphatic carbocycles. The standard InChI is InChI=1S/C42H53F6N3O5/c1-9-56-35(53)21-32(49-41(54)33(17-23(2)3)51-22-27(11-10-15-50(6)7)31(20-34(51)52)42(46,47)48)37-38(43)25(5)19-30(40(37)45)36-24(4)18-29(26-12-13-26)39(44)28(36)14-16-55-8/h18-20,22-23,26,32-33H,9-17,21H2,1-8H3,(H,49,54)/t32-,33?/m0/s1. The molecule has 0 spiro atoms. The van der Waals surface area contributed by atoms with Crippen molar-refractivity contribution in [3.05, 3.63) is 91.1 Å². The first-order valence-electron chi connectivity index (χ1n) is 19.0. The molecular formula is C42H53F6N3O5. The number of carbonyl (C=O) groups excluding carboxylic acids is 2. The fraction of sp³-hybridized carbons (Fsp3) is 0.548. The van der Waals surface area contributed by atoms with Crippen molar-refractivity contribution in [3.63, 3.8) is 0 Å². The predicted octanol–water partition coefficient (Wildman–Crippen LogP) is 8.53. The van der Waals surface area contributed by atoms with E-state index in [0.29, 0.717) is 30.2 Å². The summed E-state index contributed by atoms with van der Waals surface area (Å²) in [4.78, 5) is 42.5. The Morgan fingerprint density at radius 3 is 2.25 bits per heavy atom. The first kappa shape index (κ1) is 44.5. The Labute approximate surface area is 324 Å². The number of ether oxygens (including phenoxy) is 2. The molecule has 0 radical (unpaired) electrons. The van der Waals surface area contributed by atoms with Crippen molar-refractivity contribution in [2.75, 3.05) is 41.0 Å². The van der Waals surface area contributed by atoms with Gasteiger partial charge >= 0.3 is 12.1 Å². The summed E-state index contributed by atoms with van der Waals surface area (Å²) in [5, 5.41) is 2.57. The van der Waals surface area contributed by atoms with Crippen LogP contribution in [-0.2, 0) is 38.1 Å². The van der Waals surface area contributed by atoms with Crippen LogP contribution in [0.4, 0.5) is 26.3 Å². The maximum atomic E-state index is 17.1. The number of alkyl halides is 3. The van der Waals surface area contributed by atoms with Gasteiger partial charge in [0.2, 0.25) is 5.91 Å². The minimum Gasteiger partial charge on any atom is -0.466 e. The largest absolute Gasteiger partial charge is 0.466 e. The highest BCUT2D eigenvalue weighted by Crippen LogP contribution is 2.46. The summed E-state index contributed by atoms with van der Waals surface area (Å²) in [6, 6.07) is 0.266. The number of esters is 1. The second-order valence-corrected chi connectivity index (χ2v) is 15.3. The van der Waals surface area contributed by atoms with Crippen LogP contribution < -0.4 is 10.9 Å². The van der Waals surface area contributed by atoms with Crippen molar-refractivity contribution in [2.24, 2.45) is 5.92 Å². The minimum absolute atomic E-state index is 0.0358. The predicted molar refractivity (Wildman–Crippen MR) is 202 cm³/mol. The summed E-state index contributed by atoms with van der Waals surface area (Å²) >= 11 is 0. The number of methoxy groups -OCH3 is 1. The quantitative estimate of drug-likeness (QED) is 0.103. The van der Waals surface area contributed by atoms with Crippen LogP contribution in [0.3, 0.4) is 0 Å². The Morgan fingerprint density at radius 1 is 1.00 bits per heavy atom. The average Bonchev–Trinajstić information content (AvgIpc) is 3.95. The van der Waals surface area contributed by atoms with Gasteiger partial charge in [0.15, 0.2) is 0 Å². The van der Waals surface area contributed by atoms with Crippen LogP contribution in [0.1, 0.15) is 110 Å². The molecule has 2 atom stereocenters. The Morgan fingerprint density at radius 2 is 1.68 bits per heavy atom. The number of hydrogen-bond acceptors (Lipinski definition) is 6. The van der Waals surface area contributed by atoms with Gasteiger partial charge in [0.05, 0.1) is 31.2 Å². The van der Waals surface area contributed by atoms with E-state index in [2.05, 4.69) is 5.32 Å². The van der Waals surface area contributed by atoms with E-state index in [1.165, 1.54) is 27.0 Å². The van der Waals surface area contributed by atoms with E-state index < -0.39 is 70.7 Å². The molecule has 4 rings (SSSR count). The third kappa shape index (κ3) is 10.6. The van der Waals surface area contributed by atoms with E-state index in [4.69, 9.17) is 9.47 Å². The van der Waals surface area contributed by atoms with Crippen molar-refractivity contribution >= 4 is 11.9 Å². The summed E-state index contributed by atoms with van der Waals surface area (Å²) in [6.45, 7) is 8.61. The zero-order valence-corrected chi connectivity index (χ0v) is 33.4. The summed E-state index contributed by atoms with van der Waals surface area (Å²) in [7, 11) is 5.00. The van der Waals surface area contributed by atoms with Gasteiger partial charge in [0.1, 0.15) is 23.5 Å². The van der Waals surface area contributed by atoms with Gasteiger partial charge in [-0.25, -0.2) is 13.2 Å². The van der Waals surface area contributed by atoms with Crippen LogP contribution in [0.5, 0.6) is 0 Å². The number of pyridine rings is 1. The van der Waals surface area contributed by atoms with Crippen molar-refractivity contribution in [1.82, 2.24) is 14.8 Å². The van der Waals surface area contributed by atoms with Gasteiger partial charge in [0.25, 0.3) is 5.56 Å². The van der Waals surface area contributed by atoms with Gasteiger partial charge in [-0.05, 0) is 131 Å². The van der Waals surface area contributed by atoms with Gasteiger partial charge in [-0.2, -0.15) is 13.2 Å². The highest BCUT2D eigenvalue weighted by Gasteiger charge is 2.37. The molecular weight excluding hydrogens is 740 g/mol. The molecule has 1 aliphatic rings. The molecule has 0 bridgehead atoms. The maximum Gasteiger partial charge on any atom is 0.416 e. The zero-order chi connectivity index (χ0) is 41.6. The normalized spacial score (nSPS) is 14.4. The molecule has 3 aromatic rings. The number of carbonyl (C=O) groups is 2. The topological polar surface area (TPSA) is 89.9 Å². The molecule has 1 N–H and O–H groups in total. The first-order valence-corrected chi connectivity index (χ1v) is 19.0. The molecule has 0 saturated heterocycles. The van der Waals surface area contributed by atoms with E-state index >= 15 is 13.2 Å². The SMILES string of the molecule is CCOC(=O)C[C@H](NC(=O)C(CC(C)C)n1cc(CCCN(C)C)c(C(F)(F)F)cc1=O)c1c(F)c(C)cc(-c2c(C)cc(C3CC3)c(F)c2CCOC)c1F. The van der Waals surface area contributed by atoms with Crippen LogP contribution in [0, 0.1) is 37.2 Å². The van der Waals surface area contributed by atoms with E-state index in [0.717, 1.165) is 23.6 Å². The Bertz CT molecular complexity index is 1950. The van der Waals surface area contributed by atoms with Gasteiger partial charge in [-0.15, -0.1) is 0 Å². The molecule has 1 unspecified atom stereocenters. The third-order valence-corrected chi connectivity index (χ3v) is 10.0. The monoisotopic (exact) mass is 793 g/mol. The Kier molecular flexibility index (Phi) is 15.0. The molecule has 0 aliphatic heterocycles. The molecule has 308 valence electrons. The molecule has 1 amide bonds. The number of aryl methyl sites for hydroxylation is 3.